The van der Waals surface area contributed by atoms with Gasteiger partial charge in [-0.3, -0.25) is 0 Å². The number of benzene rings is 3. The van der Waals surface area contributed by atoms with Crippen LogP contribution in [0.4, 0.5) is 0 Å². The number of rotatable bonds is 5. The summed E-state index contributed by atoms with van der Waals surface area (Å²) in [5, 5.41) is 0. The summed E-state index contributed by atoms with van der Waals surface area (Å²) in [6.45, 7) is 0. The molecule has 0 spiro atoms. The maximum Gasteiger partial charge on any atom is 0.339 e. The lowest BCUT2D eigenvalue weighted by atomic mass is 10.0. The van der Waals surface area contributed by atoms with Gasteiger partial charge in [0.05, 0.1) is 18.2 Å². The van der Waals surface area contributed by atoms with Crippen molar-refractivity contribution in [1.82, 2.24) is 0 Å². The molecule has 0 radical (unpaired) electrons. The van der Waals surface area contributed by atoms with Crippen molar-refractivity contribution in [3.63, 3.8) is 0 Å². The van der Waals surface area contributed by atoms with Gasteiger partial charge in [-0.1, -0.05) is 60.7 Å². The van der Waals surface area contributed by atoms with Crippen LogP contribution in [0.5, 0.6) is 0 Å². The minimum absolute atomic E-state index is 0.370. The number of hydrogen-bond donors (Lipinski definition) is 0. The molecule has 0 heterocycles. The third kappa shape index (κ3) is 3.98. The fourth-order valence-electron chi connectivity index (χ4n) is 2.62. The van der Waals surface area contributed by atoms with Crippen LogP contribution in [0.1, 0.15) is 37.9 Å². The molecule has 0 fully saturated rings. The lowest BCUT2D eigenvalue weighted by molar-refractivity contribution is 0.0377. The van der Waals surface area contributed by atoms with Crippen LogP contribution in [0.25, 0.3) is 0 Å². The van der Waals surface area contributed by atoms with Crippen LogP contribution in [0.15, 0.2) is 84.9 Å². The number of ether oxygens (including phenoxy) is 2. The van der Waals surface area contributed by atoms with E-state index < -0.39 is 18.0 Å². The van der Waals surface area contributed by atoms with Crippen molar-refractivity contribution in [1.29, 1.82) is 0 Å². The predicted molar refractivity (Wildman–Crippen MR) is 97.9 cm³/mol. The molecule has 0 aliphatic rings. The summed E-state index contributed by atoms with van der Waals surface area (Å²) in [5.41, 5.74) is 2.53. The van der Waals surface area contributed by atoms with Gasteiger partial charge in [-0.05, 0) is 35.4 Å². The van der Waals surface area contributed by atoms with Crippen LogP contribution in [0, 0.1) is 0 Å². The van der Waals surface area contributed by atoms with Crippen molar-refractivity contribution >= 4 is 11.9 Å². The average molecular weight is 346 g/mol. The first kappa shape index (κ1) is 17.4. The van der Waals surface area contributed by atoms with E-state index in [1.807, 2.05) is 60.7 Å². The van der Waals surface area contributed by atoms with E-state index in [4.69, 9.17) is 4.74 Å². The van der Waals surface area contributed by atoms with E-state index >= 15 is 0 Å². The second-order valence-corrected chi connectivity index (χ2v) is 5.68. The van der Waals surface area contributed by atoms with Gasteiger partial charge in [-0.25, -0.2) is 9.59 Å². The van der Waals surface area contributed by atoms with E-state index in [1.54, 1.807) is 24.3 Å². The Labute approximate surface area is 152 Å². The van der Waals surface area contributed by atoms with Crippen molar-refractivity contribution in [3.8, 4) is 0 Å². The molecule has 0 aliphatic carbocycles. The molecule has 0 N–H and O–H groups in total. The maximum absolute atomic E-state index is 12.6. The minimum atomic E-state index is -0.509. The third-order valence-electron chi connectivity index (χ3n) is 3.97. The molecule has 0 saturated carbocycles. The topological polar surface area (TPSA) is 52.6 Å². The maximum atomic E-state index is 12.6. The summed E-state index contributed by atoms with van der Waals surface area (Å²) >= 11 is 0. The van der Waals surface area contributed by atoms with E-state index in [1.165, 1.54) is 7.11 Å². The molecule has 0 amide bonds. The van der Waals surface area contributed by atoms with Crippen LogP contribution in [-0.4, -0.2) is 19.0 Å². The Balaban J connectivity index is 1.85. The molecule has 130 valence electrons. The van der Waals surface area contributed by atoms with E-state index in [-0.39, 0.29) is 0 Å². The van der Waals surface area contributed by atoms with Gasteiger partial charge in [0, 0.05) is 0 Å². The molecular weight excluding hydrogens is 328 g/mol. The molecule has 0 aromatic heterocycles. The SMILES string of the molecule is COC(=O)c1ccc(C(=O)OC(c2ccccc2)c2ccccc2)cc1. The summed E-state index contributed by atoms with van der Waals surface area (Å²) in [5.74, 6) is -0.907. The van der Waals surface area contributed by atoms with E-state index in [0.29, 0.717) is 11.1 Å². The minimum Gasteiger partial charge on any atom is -0.465 e. The van der Waals surface area contributed by atoms with Crippen molar-refractivity contribution in [2.24, 2.45) is 0 Å². The Kier molecular flexibility index (Phi) is 5.44. The number of hydrogen-bond acceptors (Lipinski definition) is 4. The van der Waals surface area contributed by atoms with Gasteiger partial charge in [-0.15, -0.1) is 0 Å². The standard InChI is InChI=1S/C22H18O4/c1-25-21(23)18-12-14-19(15-13-18)22(24)26-20(16-8-4-2-5-9-16)17-10-6-3-7-11-17/h2-15,20H,1H3. The largest absolute Gasteiger partial charge is 0.465 e. The average Bonchev–Trinajstić information content (AvgIpc) is 2.72. The smallest absolute Gasteiger partial charge is 0.339 e. The zero-order valence-corrected chi connectivity index (χ0v) is 14.3. The fourth-order valence-corrected chi connectivity index (χ4v) is 2.62. The second-order valence-electron chi connectivity index (χ2n) is 5.68. The van der Waals surface area contributed by atoms with Crippen molar-refractivity contribution in [2.75, 3.05) is 7.11 Å². The molecule has 4 heteroatoms. The number of methoxy groups -OCH3 is 1. The van der Waals surface area contributed by atoms with Gasteiger partial charge >= 0.3 is 11.9 Å². The second kappa shape index (κ2) is 8.12. The molecule has 0 bridgehead atoms. The predicted octanol–water partition coefficient (Wildman–Crippen LogP) is 4.42. The van der Waals surface area contributed by atoms with Gasteiger partial charge in [-0.2, -0.15) is 0 Å². The van der Waals surface area contributed by atoms with Gasteiger partial charge in [0.2, 0.25) is 0 Å². The van der Waals surface area contributed by atoms with Crippen LogP contribution < -0.4 is 0 Å². The zero-order valence-electron chi connectivity index (χ0n) is 14.3. The van der Waals surface area contributed by atoms with Gasteiger partial charge in [0.1, 0.15) is 0 Å². The van der Waals surface area contributed by atoms with Crippen LogP contribution in [0.2, 0.25) is 0 Å². The molecule has 3 aromatic carbocycles. The van der Waals surface area contributed by atoms with Crippen LogP contribution in [-0.2, 0) is 9.47 Å². The molecule has 4 nitrogen and oxygen atoms in total. The van der Waals surface area contributed by atoms with Crippen molar-refractivity contribution in [3.05, 3.63) is 107 Å². The third-order valence-corrected chi connectivity index (χ3v) is 3.97. The Bertz CT molecular complexity index is 832. The Morgan fingerprint density at radius 1 is 0.654 bits per heavy atom. The summed E-state index contributed by atoms with van der Waals surface area (Å²) in [7, 11) is 1.31. The molecular formula is C22H18O4. The monoisotopic (exact) mass is 346 g/mol. The highest BCUT2D eigenvalue weighted by Gasteiger charge is 2.20. The first-order valence-corrected chi connectivity index (χ1v) is 8.18. The van der Waals surface area contributed by atoms with Gasteiger partial charge in [0.15, 0.2) is 6.10 Å². The first-order chi connectivity index (χ1) is 12.7. The molecule has 0 aliphatic heterocycles. The quantitative estimate of drug-likeness (QED) is 0.642. The number of esters is 2. The lowest BCUT2D eigenvalue weighted by Crippen LogP contribution is -2.13. The summed E-state index contributed by atoms with van der Waals surface area (Å²) in [4.78, 5) is 24.1. The fraction of sp³-hybridized carbons (Fsp3) is 0.0909. The summed E-state index contributed by atoms with van der Waals surface area (Å²) in [6, 6.07) is 25.3. The Hall–Kier alpha value is -3.40. The highest BCUT2D eigenvalue weighted by Crippen LogP contribution is 2.27. The van der Waals surface area contributed by atoms with E-state index in [2.05, 4.69) is 4.74 Å². The van der Waals surface area contributed by atoms with Gasteiger partial charge in [0.25, 0.3) is 0 Å². The molecule has 0 atom stereocenters. The summed E-state index contributed by atoms with van der Waals surface area (Å²) in [6.07, 6.45) is -0.509. The van der Waals surface area contributed by atoms with Crippen LogP contribution >= 0.6 is 0 Å². The number of carbonyl (C=O) groups excluding carboxylic acids is 2. The normalized spacial score (nSPS) is 10.4. The molecule has 26 heavy (non-hydrogen) atoms. The Morgan fingerprint density at radius 3 is 1.50 bits per heavy atom. The highest BCUT2D eigenvalue weighted by molar-refractivity contribution is 5.93. The van der Waals surface area contributed by atoms with E-state index in [0.717, 1.165) is 11.1 Å². The molecule has 0 unspecified atom stereocenters. The first-order valence-electron chi connectivity index (χ1n) is 8.18. The lowest BCUT2D eigenvalue weighted by Gasteiger charge is -2.19. The summed E-state index contributed by atoms with van der Waals surface area (Å²) < 4.78 is 10.4. The molecule has 3 aromatic rings. The zero-order chi connectivity index (χ0) is 18.4. The Morgan fingerprint density at radius 2 is 1.08 bits per heavy atom. The van der Waals surface area contributed by atoms with Crippen molar-refractivity contribution < 1.29 is 19.1 Å². The van der Waals surface area contributed by atoms with E-state index in [9.17, 15) is 9.59 Å². The van der Waals surface area contributed by atoms with Crippen LogP contribution in [0.3, 0.4) is 0 Å². The van der Waals surface area contributed by atoms with Crippen molar-refractivity contribution in [2.45, 2.75) is 6.10 Å². The highest BCUT2D eigenvalue weighted by atomic mass is 16.5. The molecule has 0 saturated heterocycles. The number of carbonyl (C=O) groups is 2. The van der Waals surface area contributed by atoms with Gasteiger partial charge < -0.3 is 9.47 Å². The molecule has 3 rings (SSSR count).